The fourth-order valence-corrected chi connectivity index (χ4v) is 9.96. The number of rotatable bonds is 4. The molecular formula is C17H18O4S4. The first kappa shape index (κ1) is 17.9. The highest BCUT2D eigenvalue weighted by atomic mass is 32.2. The zero-order chi connectivity index (χ0) is 17.6. The molecule has 4 aliphatic rings. The molecule has 0 N–H and O–H groups in total. The molecule has 4 rings (SSSR count). The van der Waals surface area contributed by atoms with E-state index < -0.39 is 11.9 Å². The van der Waals surface area contributed by atoms with Crippen LogP contribution >= 0.6 is 47.0 Å². The van der Waals surface area contributed by atoms with Gasteiger partial charge in [-0.3, -0.25) is 0 Å². The summed E-state index contributed by atoms with van der Waals surface area (Å²) in [5.74, 6) is 0.468. The third-order valence-corrected chi connectivity index (χ3v) is 11.0. The van der Waals surface area contributed by atoms with Gasteiger partial charge in [0.1, 0.15) is 9.81 Å². The average molecular weight is 415 g/mol. The molecule has 1 saturated carbocycles. The predicted octanol–water partition coefficient (Wildman–Crippen LogP) is 4.35. The molecule has 2 bridgehead atoms. The van der Waals surface area contributed by atoms with Crippen LogP contribution < -0.4 is 0 Å². The molecule has 0 amide bonds. The van der Waals surface area contributed by atoms with E-state index in [4.69, 9.17) is 9.47 Å². The van der Waals surface area contributed by atoms with Crippen molar-refractivity contribution in [3.05, 3.63) is 30.4 Å². The Morgan fingerprint density at radius 2 is 1.40 bits per heavy atom. The molecule has 25 heavy (non-hydrogen) atoms. The van der Waals surface area contributed by atoms with E-state index >= 15 is 0 Å². The maximum Gasteiger partial charge on any atom is 0.346 e. The van der Waals surface area contributed by atoms with E-state index in [0.29, 0.717) is 32.1 Å². The van der Waals surface area contributed by atoms with Crippen molar-refractivity contribution in [2.75, 3.05) is 13.2 Å². The van der Waals surface area contributed by atoms with Gasteiger partial charge in [0.25, 0.3) is 0 Å². The van der Waals surface area contributed by atoms with Crippen LogP contribution in [0.25, 0.3) is 0 Å². The molecule has 2 aliphatic heterocycles. The summed E-state index contributed by atoms with van der Waals surface area (Å²) in [7, 11) is 0. The van der Waals surface area contributed by atoms with Crippen LogP contribution in [0, 0.1) is 11.8 Å². The van der Waals surface area contributed by atoms with E-state index in [1.54, 1.807) is 13.8 Å². The quantitative estimate of drug-likeness (QED) is 0.497. The number of esters is 2. The minimum absolute atomic E-state index is 0.290. The number of thioether (sulfide) groups is 4. The highest BCUT2D eigenvalue weighted by molar-refractivity contribution is 8.33. The molecule has 1 saturated heterocycles. The maximum absolute atomic E-state index is 12.3. The Hall–Kier alpha value is -0.440. The van der Waals surface area contributed by atoms with Gasteiger partial charge in [-0.05, 0) is 32.1 Å². The van der Waals surface area contributed by atoms with Crippen molar-refractivity contribution >= 4 is 59.0 Å². The second-order valence-corrected chi connectivity index (χ2v) is 10.9. The van der Waals surface area contributed by atoms with Crippen molar-refractivity contribution in [3.8, 4) is 0 Å². The number of hydrogen-bond donors (Lipinski definition) is 0. The third kappa shape index (κ3) is 3.19. The lowest BCUT2D eigenvalue weighted by molar-refractivity contribution is -0.140. The minimum atomic E-state index is -0.436. The van der Waals surface area contributed by atoms with Gasteiger partial charge in [0, 0.05) is 10.5 Å². The van der Waals surface area contributed by atoms with Crippen LogP contribution in [0.3, 0.4) is 0 Å². The summed E-state index contributed by atoms with van der Waals surface area (Å²) in [5.41, 5.74) is 0. The summed E-state index contributed by atoms with van der Waals surface area (Å²) < 4.78 is 12.5. The molecule has 2 heterocycles. The first-order valence-electron chi connectivity index (χ1n) is 8.32. The zero-order valence-corrected chi connectivity index (χ0v) is 17.1. The van der Waals surface area contributed by atoms with Gasteiger partial charge in [-0.1, -0.05) is 35.7 Å². The number of allylic oxidation sites excluding steroid dienone is 2. The molecular weight excluding hydrogens is 396 g/mol. The van der Waals surface area contributed by atoms with Crippen LogP contribution in [0.4, 0.5) is 0 Å². The monoisotopic (exact) mass is 414 g/mol. The van der Waals surface area contributed by atoms with Crippen molar-refractivity contribution in [2.45, 2.75) is 30.8 Å². The summed E-state index contributed by atoms with van der Waals surface area (Å²) >= 11 is 6.56. The van der Waals surface area contributed by atoms with Gasteiger partial charge in [0.15, 0.2) is 0 Å². The molecule has 2 aliphatic carbocycles. The lowest BCUT2D eigenvalue weighted by atomic mass is 10.1. The molecule has 0 spiro atoms. The minimum Gasteiger partial charge on any atom is -0.462 e. The maximum atomic E-state index is 12.3. The first-order valence-corrected chi connectivity index (χ1v) is 11.7. The van der Waals surface area contributed by atoms with Gasteiger partial charge in [0.2, 0.25) is 0 Å². The number of carbonyl (C=O) groups is 2. The van der Waals surface area contributed by atoms with E-state index in [1.807, 2.05) is 23.5 Å². The van der Waals surface area contributed by atoms with Crippen molar-refractivity contribution in [1.29, 1.82) is 0 Å². The average Bonchev–Trinajstić information content (AvgIpc) is 3.34. The van der Waals surface area contributed by atoms with Crippen LogP contribution in [0.5, 0.6) is 0 Å². The van der Waals surface area contributed by atoms with E-state index in [2.05, 4.69) is 12.2 Å². The SMILES string of the molecule is CCOC(=O)C1=C(C(=O)OCC)SC(=C2SC3C4C=CC(C4)C3S2)S1. The van der Waals surface area contributed by atoms with E-state index in [1.165, 1.54) is 34.2 Å². The lowest BCUT2D eigenvalue weighted by Crippen LogP contribution is -2.19. The Morgan fingerprint density at radius 3 is 1.84 bits per heavy atom. The Balaban J connectivity index is 1.56. The van der Waals surface area contributed by atoms with Gasteiger partial charge >= 0.3 is 11.9 Å². The topological polar surface area (TPSA) is 52.6 Å². The molecule has 0 radical (unpaired) electrons. The predicted molar refractivity (Wildman–Crippen MR) is 106 cm³/mol. The summed E-state index contributed by atoms with van der Waals surface area (Å²) in [6, 6.07) is 0. The fourth-order valence-electron chi connectivity index (χ4n) is 3.46. The summed E-state index contributed by atoms with van der Waals surface area (Å²) in [6.07, 6.45) is 5.99. The van der Waals surface area contributed by atoms with Gasteiger partial charge in [-0.15, -0.1) is 23.5 Å². The van der Waals surface area contributed by atoms with E-state index in [-0.39, 0.29) is 13.2 Å². The second-order valence-electron chi connectivity index (χ2n) is 5.99. The Morgan fingerprint density at radius 1 is 0.920 bits per heavy atom. The Kier molecular flexibility index (Phi) is 5.23. The molecule has 134 valence electrons. The third-order valence-electron chi connectivity index (χ3n) is 4.49. The number of hydrogen-bond acceptors (Lipinski definition) is 8. The van der Waals surface area contributed by atoms with E-state index in [9.17, 15) is 9.59 Å². The van der Waals surface area contributed by atoms with Crippen LogP contribution in [0.2, 0.25) is 0 Å². The second kappa shape index (κ2) is 7.29. The Labute approximate surface area is 164 Å². The summed E-state index contributed by atoms with van der Waals surface area (Å²) in [6.45, 7) is 4.11. The zero-order valence-electron chi connectivity index (χ0n) is 13.9. The normalized spacial score (nSPS) is 32.6. The van der Waals surface area contributed by atoms with E-state index in [0.717, 1.165) is 4.24 Å². The molecule has 8 heteroatoms. The molecule has 4 unspecified atom stereocenters. The summed E-state index contributed by atoms with van der Waals surface area (Å²) in [5, 5.41) is 1.25. The number of carbonyl (C=O) groups excluding carboxylic acids is 2. The fraction of sp³-hybridized carbons (Fsp3) is 0.529. The van der Waals surface area contributed by atoms with Crippen molar-refractivity contribution in [2.24, 2.45) is 11.8 Å². The molecule has 2 fully saturated rings. The summed E-state index contributed by atoms with van der Waals surface area (Å²) in [4.78, 5) is 25.3. The van der Waals surface area contributed by atoms with Crippen LogP contribution in [-0.2, 0) is 19.1 Å². The van der Waals surface area contributed by atoms with Crippen LogP contribution in [0.1, 0.15) is 20.3 Å². The highest BCUT2D eigenvalue weighted by Gasteiger charge is 2.51. The molecule has 4 atom stereocenters. The van der Waals surface area contributed by atoms with Gasteiger partial charge in [-0.2, -0.15) is 0 Å². The highest BCUT2D eigenvalue weighted by Crippen LogP contribution is 2.65. The standard InChI is InChI=1S/C17H18O4S4/c1-3-20-14(18)12-13(15(19)21-4-2)25-17(24-12)16-22-10-8-5-6-9(7-8)11(10)23-16/h5-6,8-11H,3-4,7H2,1-2H3. The van der Waals surface area contributed by atoms with Gasteiger partial charge in [-0.25, -0.2) is 9.59 Å². The van der Waals surface area contributed by atoms with Crippen molar-refractivity contribution in [1.82, 2.24) is 0 Å². The smallest absolute Gasteiger partial charge is 0.346 e. The molecule has 0 aromatic rings. The largest absolute Gasteiger partial charge is 0.462 e. The van der Waals surface area contributed by atoms with Gasteiger partial charge in [0.05, 0.1) is 21.7 Å². The lowest BCUT2D eigenvalue weighted by Gasteiger charge is -2.16. The van der Waals surface area contributed by atoms with Crippen LogP contribution in [-0.4, -0.2) is 35.7 Å². The van der Waals surface area contributed by atoms with Crippen molar-refractivity contribution in [3.63, 3.8) is 0 Å². The van der Waals surface area contributed by atoms with Crippen molar-refractivity contribution < 1.29 is 19.1 Å². The van der Waals surface area contributed by atoms with Gasteiger partial charge < -0.3 is 9.47 Å². The number of fused-ring (bicyclic) bond motifs is 5. The molecule has 0 aromatic carbocycles. The molecule has 0 aromatic heterocycles. The molecule has 4 nitrogen and oxygen atoms in total. The Bertz CT molecular complexity index is 657. The first-order chi connectivity index (χ1) is 12.1. The number of ether oxygens (including phenoxy) is 2. The van der Waals surface area contributed by atoms with Crippen LogP contribution in [0.15, 0.2) is 30.4 Å².